The van der Waals surface area contributed by atoms with Crippen molar-refractivity contribution in [3.8, 4) is 16.9 Å². The summed E-state index contributed by atoms with van der Waals surface area (Å²) >= 11 is 0. The topological polar surface area (TPSA) is 54.8 Å². The molecule has 2 heterocycles. The highest BCUT2D eigenvalue weighted by molar-refractivity contribution is 5.95. The third-order valence-corrected chi connectivity index (χ3v) is 5.08. The molecular weight excluding hydrogens is 381 g/mol. The van der Waals surface area contributed by atoms with Crippen LogP contribution in [0, 0.1) is 5.82 Å². The summed E-state index contributed by atoms with van der Waals surface area (Å²) in [7, 11) is 1.76. The molecule has 0 saturated carbocycles. The van der Waals surface area contributed by atoms with E-state index < -0.39 is 0 Å². The largest absolute Gasteiger partial charge is 0.493 e. The van der Waals surface area contributed by atoms with E-state index in [2.05, 4.69) is 9.98 Å². The van der Waals surface area contributed by atoms with Gasteiger partial charge in [-0.15, -0.1) is 0 Å². The van der Waals surface area contributed by atoms with Crippen molar-refractivity contribution in [1.82, 2.24) is 9.88 Å². The number of ether oxygens (including phenoxy) is 1. The second-order valence-corrected chi connectivity index (χ2v) is 7.15. The Morgan fingerprint density at radius 3 is 2.87 bits per heavy atom. The first-order valence-corrected chi connectivity index (χ1v) is 9.80. The molecule has 3 aromatic rings. The van der Waals surface area contributed by atoms with E-state index in [0.29, 0.717) is 36.6 Å². The molecule has 0 aliphatic carbocycles. The molecule has 30 heavy (non-hydrogen) atoms. The number of fused-ring (bicyclic) bond motifs is 1. The van der Waals surface area contributed by atoms with Crippen LogP contribution in [0.3, 0.4) is 0 Å². The van der Waals surface area contributed by atoms with Gasteiger partial charge < -0.3 is 9.64 Å². The molecule has 1 aliphatic rings. The lowest BCUT2D eigenvalue weighted by Crippen LogP contribution is -2.27. The zero-order chi connectivity index (χ0) is 21.1. The molecule has 6 heteroatoms. The number of halogens is 1. The van der Waals surface area contributed by atoms with Crippen LogP contribution < -0.4 is 4.74 Å². The molecule has 0 spiro atoms. The number of carbonyl (C=O) groups is 1. The zero-order valence-corrected chi connectivity index (χ0v) is 16.9. The van der Waals surface area contributed by atoms with Gasteiger partial charge in [-0.25, -0.2) is 4.39 Å². The molecule has 0 bridgehead atoms. The molecule has 0 radical (unpaired) electrons. The fourth-order valence-electron chi connectivity index (χ4n) is 3.60. The number of aromatic nitrogens is 1. The molecule has 0 N–H and O–H groups in total. The third-order valence-electron chi connectivity index (χ3n) is 5.08. The molecule has 4 rings (SSSR count). The quantitative estimate of drug-likeness (QED) is 0.609. The van der Waals surface area contributed by atoms with Gasteiger partial charge in [-0.05, 0) is 53.9 Å². The molecule has 1 amide bonds. The van der Waals surface area contributed by atoms with Gasteiger partial charge in [0.1, 0.15) is 11.6 Å². The molecule has 1 aromatic heterocycles. The highest BCUT2D eigenvalue weighted by atomic mass is 19.1. The number of benzene rings is 2. The summed E-state index contributed by atoms with van der Waals surface area (Å²) in [4.78, 5) is 23.3. The molecule has 5 nitrogen and oxygen atoms in total. The summed E-state index contributed by atoms with van der Waals surface area (Å²) in [6, 6.07) is 11.6. The van der Waals surface area contributed by atoms with E-state index in [1.165, 1.54) is 12.1 Å². The van der Waals surface area contributed by atoms with Crippen LogP contribution in [-0.2, 0) is 13.1 Å². The minimum Gasteiger partial charge on any atom is -0.493 e. The van der Waals surface area contributed by atoms with Gasteiger partial charge in [0, 0.05) is 48.9 Å². The second kappa shape index (κ2) is 8.45. The van der Waals surface area contributed by atoms with Crippen LogP contribution >= 0.6 is 0 Å². The SMILES string of the molecule is CCOc1cc(C(=O)N(C)Cc2cncc3c2CN=C3)ccc1-c1cccc(F)c1. The lowest BCUT2D eigenvalue weighted by molar-refractivity contribution is 0.0784. The first-order valence-electron chi connectivity index (χ1n) is 9.80. The first kappa shape index (κ1) is 19.8. The maximum atomic E-state index is 13.7. The van der Waals surface area contributed by atoms with Crippen LogP contribution in [0.1, 0.15) is 34.0 Å². The van der Waals surface area contributed by atoms with Crippen LogP contribution in [0.15, 0.2) is 59.9 Å². The number of hydrogen-bond acceptors (Lipinski definition) is 4. The summed E-state index contributed by atoms with van der Waals surface area (Å²) in [5.74, 6) is 0.110. The number of pyridine rings is 1. The normalized spacial score (nSPS) is 12.0. The molecule has 0 unspecified atom stereocenters. The molecule has 0 fully saturated rings. The van der Waals surface area contributed by atoms with Crippen molar-refractivity contribution in [3.05, 3.63) is 82.9 Å². The Morgan fingerprint density at radius 2 is 2.07 bits per heavy atom. The van der Waals surface area contributed by atoms with Crippen LogP contribution in [0.4, 0.5) is 4.39 Å². The van der Waals surface area contributed by atoms with Gasteiger partial charge in [-0.3, -0.25) is 14.8 Å². The second-order valence-electron chi connectivity index (χ2n) is 7.15. The predicted molar refractivity (Wildman–Crippen MR) is 114 cm³/mol. The van der Waals surface area contributed by atoms with E-state index in [-0.39, 0.29) is 11.7 Å². The summed E-state index contributed by atoms with van der Waals surface area (Å²) < 4.78 is 19.4. The maximum absolute atomic E-state index is 13.7. The van der Waals surface area contributed by atoms with E-state index >= 15 is 0 Å². The van der Waals surface area contributed by atoms with Crippen molar-refractivity contribution < 1.29 is 13.9 Å². The number of hydrogen-bond donors (Lipinski definition) is 0. The van der Waals surface area contributed by atoms with Gasteiger partial charge in [0.25, 0.3) is 5.91 Å². The lowest BCUT2D eigenvalue weighted by atomic mass is 10.0. The van der Waals surface area contributed by atoms with Gasteiger partial charge in [-0.2, -0.15) is 0 Å². The summed E-state index contributed by atoms with van der Waals surface area (Å²) in [6.07, 6.45) is 5.39. The van der Waals surface area contributed by atoms with Crippen LogP contribution in [0.2, 0.25) is 0 Å². The molecular formula is C24H22FN3O2. The van der Waals surface area contributed by atoms with Gasteiger partial charge in [-0.1, -0.05) is 12.1 Å². The van der Waals surface area contributed by atoms with Crippen molar-refractivity contribution in [2.45, 2.75) is 20.0 Å². The molecule has 2 aromatic carbocycles. The fourth-order valence-corrected chi connectivity index (χ4v) is 3.60. The Balaban J connectivity index is 1.59. The fraction of sp³-hybridized carbons (Fsp3) is 0.208. The average Bonchev–Trinajstić information content (AvgIpc) is 3.23. The third kappa shape index (κ3) is 3.94. The van der Waals surface area contributed by atoms with Crippen molar-refractivity contribution in [1.29, 1.82) is 0 Å². The van der Waals surface area contributed by atoms with Crippen LogP contribution in [0.25, 0.3) is 11.1 Å². The van der Waals surface area contributed by atoms with E-state index in [4.69, 9.17) is 4.74 Å². The van der Waals surface area contributed by atoms with Crippen molar-refractivity contribution >= 4 is 12.1 Å². The average molecular weight is 403 g/mol. The molecule has 1 aliphatic heterocycles. The highest BCUT2D eigenvalue weighted by Crippen LogP contribution is 2.32. The van der Waals surface area contributed by atoms with Gasteiger partial charge >= 0.3 is 0 Å². The van der Waals surface area contributed by atoms with Crippen molar-refractivity contribution in [3.63, 3.8) is 0 Å². The minimum atomic E-state index is -0.317. The summed E-state index contributed by atoms with van der Waals surface area (Å²) in [5.41, 5.74) is 5.07. The molecule has 152 valence electrons. The van der Waals surface area contributed by atoms with Crippen LogP contribution in [0.5, 0.6) is 5.75 Å². The Labute approximate surface area is 174 Å². The Morgan fingerprint density at radius 1 is 1.20 bits per heavy atom. The van der Waals surface area contributed by atoms with Crippen molar-refractivity contribution in [2.24, 2.45) is 4.99 Å². The number of nitrogens with zero attached hydrogens (tertiary/aromatic N) is 3. The lowest BCUT2D eigenvalue weighted by Gasteiger charge is -2.20. The van der Waals surface area contributed by atoms with Gasteiger partial charge in [0.05, 0.1) is 13.2 Å². The standard InChI is InChI=1S/C24H22FN3O2/c1-3-30-23-10-17(7-8-21(23)16-5-4-6-20(25)9-16)24(29)28(2)15-19-13-26-11-18-12-27-14-22(18)19/h4-13H,3,14-15H2,1-2H3. The maximum Gasteiger partial charge on any atom is 0.254 e. The van der Waals surface area contributed by atoms with E-state index in [9.17, 15) is 9.18 Å². The summed E-state index contributed by atoms with van der Waals surface area (Å²) in [5, 5.41) is 0. The van der Waals surface area contributed by atoms with E-state index in [0.717, 1.165) is 22.3 Å². The van der Waals surface area contributed by atoms with Crippen LogP contribution in [-0.4, -0.2) is 35.7 Å². The Hall–Kier alpha value is -3.54. The summed E-state index contributed by atoms with van der Waals surface area (Å²) in [6.45, 7) is 3.37. The number of rotatable bonds is 6. The molecule has 0 atom stereocenters. The van der Waals surface area contributed by atoms with E-state index in [1.807, 2.05) is 19.2 Å². The van der Waals surface area contributed by atoms with Gasteiger partial charge in [0.15, 0.2) is 0 Å². The monoisotopic (exact) mass is 403 g/mol. The number of carbonyl (C=O) groups excluding carboxylic acids is 1. The smallest absolute Gasteiger partial charge is 0.254 e. The minimum absolute atomic E-state index is 0.127. The number of aliphatic imine (C=N–C) groups is 1. The first-order chi connectivity index (χ1) is 14.6. The van der Waals surface area contributed by atoms with E-state index in [1.54, 1.807) is 48.6 Å². The number of amides is 1. The van der Waals surface area contributed by atoms with Crippen molar-refractivity contribution in [2.75, 3.05) is 13.7 Å². The Bertz CT molecular complexity index is 1130. The molecule has 0 saturated heterocycles. The zero-order valence-electron chi connectivity index (χ0n) is 16.9. The predicted octanol–water partition coefficient (Wildman–Crippen LogP) is 4.49. The van der Waals surface area contributed by atoms with Gasteiger partial charge in [0.2, 0.25) is 0 Å². The Kier molecular flexibility index (Phi) is 5.57. The highest BCUT2D eigenvalue weighted by Gasteiger charge is 2.19.